The molecular formula is C5H6N8. The molecule has 8 nitrogen and oxygen atoms in total. The quantitative estimate of drug-likeness (QED) is 0.476. The summed E-state index contributed by atoms with van der Waals surface area (Å²) in [6.07, 6.45) is 7.44. The van der Waals surface area contributed by atoms with Gasteiger partial charge in [-0.1, -0.05) is 0 Å². The summed E-state index contributed by atoms with van der Waals surface area (Å²) in [6, 6.07) is 0. The van der Waals surface area contributed by atoms with E-state index < -0.39 is 0 Å². The molecule has 0 saturated carbocycles. The third-order valence-electron chi connectivity index (χ3n) is 1.22. The molecule has 0 unspecified atom stereocenters. The minimum Gasteiger partial charge on any atom is -0.280 e. The van der Waals surface area contributed by atoms with Gasteiger partial charge in [0, 0.05) is 0 Å². The van der Waals surface area contributed by atoms with E-state index >= 15 is 0 Å². The zero-order valence-electron chi connectivity index (χ0n) is 6.52. The van der Waals surface area contributed by atoms with Gasteiger partial charge in [0.25, 0.3) is 0 Å². The number of rotatable bonds is 3. The first-order chi connectivity index (χ1) is 6.45. The zero-order chi connectivity index (χ0) is 8.93. The van der Waals surface area contributed by atoms with E-state index in [9.17, 15) is 0 Å². The van der Waals surface area contributed by atoms with Crippen LogP contribution in [-0.2, 0) is 0 Å². The molecule has 0 aromatic carbocycles. The van der Waals surface area contributed by atoms with Gasteiger partial charge in [0.05, 0.1) is 0 Å². The summed E-state index contributed by atoms with van der Waals surface area (Å²) in [5, 5.41) is 18.3. The number of nitrogens with zero attached hydrogens (tertiary/aromatic N) is 7. The van der Waals surface area contributed by atoms with E-state index in [0.29, 0.717) is 0 Å². The van der Waals surface area contributed by atoms with E-state index in [1.54, 1.807) is 4.68 Å². The first-order valence-corrected chi connectivity index (χ1v) is 3.44. The third kappa shape index (κ3) is 1.86. The molecule has 0 bridgehead atoms. The first-order valence-electron chi connectivity index (χ1n) is 3.44. The van der Waals surface area contributed by atoms with E-state index in [1.807, 2.05) is 0 Å². The van der Waals surface area contributed by atoms with E-state index in [-0.39, 0.29) is 0 Å². The van der Waals surface area contributed by atoms with Gasteiger partial charge in [-0.2, -0.15) is 5.10 Å². The summed E-state index contributed by atoms with van der Waals surface area (Å²) in [6.45, 7) is 0. The highest BCUT2D eigenvalue weighted by atomic mass is 15.5. The number of nitrogens with one attached hydrogen (secondary N) is 1. The standard InChI is InChI=1S/C5H6N8/c1(10-12-2-6-7-3-12)11-13-4-8-9-5-13/h1-5H,(H,10,11). The van der Waals surface area contributed by atoms with E-state index in [0.717, 1.165) is 0 Å². The van der Waals surface area contributed by atoms with Crippen molar-refractivity contribution < 1.29 is 0 Å². The van der Waals surface area contributed by atoms with Crippen molar-refractivity contribution in [2.24, 2.45) is 5.10 Å². The summed E-state index contributed by atoms with van der Waals surface area (Å²) < 4.78 is 3.01. The van der Waals surface area contributed by atoms with Gasteiger partial charge in [-0.15, -0.1) is 20.4 Å². The Bertz CT molecular complexity index is 359. The van der Waals surface area contributed by atoms with Gasteiger partial charge < -0.3 is 0 Å². The normalized spacial score (nSPS) is 10.8. The second-order valence-corrected chi connectivity index (χ2v) is 2.08. The number of hydrogen-bond donors (Lipinski definition) is 1. The number of hydrogen-bond acceptors (Lipinski definition) is 5. The molecule has 0 atom stereocenters. The summed E-state index contributed by atoms with van der Waals surface area (Å²) in [5.74, 6) is 0. The van der Waals surface area contributed by atoms with Crippen molar-refractivity contribution in [3.8, 4) is 0 Å². The lowest BCUT2D eigenvalue weighted by molar-refractivity contribution is 0.867. The first kappa shape index (κ1) is 7.40. The van der Waals surface area contributed by atoms with Crippen LogP contribution in [0.15, 0.2) is 30.4 Å². The van der Waals surface area contributed by atoms with Crippen molar-refractivity contribution in [3.63, 3.8) is 0 Å². The Balaban J connectivity index is 1.93. The molecule has 0 saturated heterocycles. The van der Waals surface area contributed by atoms with Crippen LogP contribution in [0, 0.1) is 0 Å². The maximum atomic E-state index is 3.92. The molecular weight excluding hydrogens is 172 g/mol. The Morgan fingerprint density at radius 2 is 1.62 bits per heavy atom. The molecule has 2 rings (SSSR count). The fourth-order valence-electron chi connectivity index (χ4n) is 0.681. The van der Waals surface area contributed by atoms with E-state index in [1.165, 1.54) is 36.3 Å². The van der Waals surface area contributed by atoms with Crippen LogP contribution in [-0.4, -0.2) is 36.1 Å². The highest BCUT2D eigenvalue weighted by molar-refractivity contribution is 5.63. The molecule has 13 heavy (non-hydrogen) atoms. The SMILES string of the molecule is C(=N\n1cnnc1)/Nn1cnnc1. The Hall–Kier alpha value is -2.25. The van der Waals surface area contributed by atoms with Crippen molar-refractivity contribution in [1.82, 2.24) is 29.7 Å². The summed E-state index contributed by atoms with van der Waals surface area (Å²) >= 11 is 0. The summed E-state index contributed by atoms with van der Waals surface area (Å²) in [7, 11) is 0. The lowest BCUT2D eigenvalue weighted by atomic mass is 11.2. The maximum Gasteiger partial charge on any atom is 0.141 e. The van der Waals surface area contributed by atoms with Crippen LogP contribution in [0.1, 0.15) is 0 Å². The van der Waals surface area contributed by atoms with Gasteiger partial charge in [0.1, 0.15) is 31.6 Å². The van der Waals surface area contributed by atoms with Crippen LogP contribution < -0.4 is 5.43 Å². The molecule has 0 amide bonds. The molecule has 66 valence electrons. The molecule has 1 N–H and O–H groups in total. The fraction of sp³-hybridized carbons (Fsp3) is 0. The Morgan fingerprint density at radius 3 is 2.31 bits per heavy atom. The topological polar surface area (TPSA) is 85.8 Å². The molecule has 2 aromatic heterocycles. The molecule has 0 aliphatic carbocycles. The lowest BCUT2D eigenvalue weighted by Gasteiger charge is -1.95. The van der Waals surface area contributed by atoms with Crippen LogP contribution >= 0.6 is 0 Å². The van der Waals surface area contributed by atoms with Gasteiger partial charge in [0.2, 0.25) is 0 Å². The highest BCUT2D eigenvalue weighted by Gasteiger charge is 1.84. The molecule has 0 radical (unpaired) electrons. The van der Waals surface area contributed by atoms with Crippen molar-refractivity contribution in [2.45, 2.75) is 0 Å². The minimum absolute atomic E-state index is 1.46. The fourth-order valence-corrected chi connectivity index (χ4v) is 0.681. The molecule has 0 spiro atoms. The van der Waals surface area contributed by atoms with Crippen molar-refractivity contribution in [1.29, 1.82) is 0 Å². The van der Waals surface area contributed by atoms with Crippen LogP contribution in [0.2, 0.25) is 0 Å². The predicted octanol–water partition coefficient (Wildman–Crippen LogP) is -1.10. The second kappa shape index (κ2) is 3.43. The Labute approximate surface area is 72.9 Å². The van der Waals surface area contributed by atoms with Gasteiger partial charge in [-0.05, 0) is 0 Å². The largest absolute Gasteiger partial charge is 0.280 e. The van der Waals surface area contributed by atoms with Crippen molar-refractivity contribution in [3.05, 3.63) is 25.3 Å². The Morgan fingerprint density at radius 1 is 1.00 bits per heavy atom. The van der Waals surface area contributed by atoms with E-state index in [2.05, 4.69) is 30.9 Å². The second-order valence-electron chi connectivity index (χ2n) is 2.08. The van der Waals surface area contributed by atoms with Gasteiger partial charge in [0.15, 0.2) is 0 Å². The zero-order valence-corrected chi connectivity index (χ0v) is 6.52. The van der Waals surface area contributed by atoms with Crippen LogP contribution in [0.4, 0.5) is 0 Å². The molecule has 0 aliphatic heterocycles. The molecule has 2 aromatic rings. The molecule has 0 aliphatic rings. The van der Waals surface area contributed by atoms with Crippen molar-refractivity contribution in [2.75, 3.05) is 5.43 Å². The maximum absolute atomic E-state index is 3.92. The minimum atomic E-state index is 1.46. The highest BCUT2D eigenvalue weighted by Crippen LogP contribution is 1.78. The average molecular weight is 178 g/mol. The van der Waals surface area contributed by atoms with Gasteiger partial charge in [-0.3, -0.25) is 5.43 Å². The average Bonchev–Trinajstić information content (AvgIpc) is 2.75. The third-order valence-corrected chi connectivity index (χ3v) is 1.22. The lowest BCUT2D eigenvalue weighted by Crippen LogP contribution is -2.10. The molecule has 0 fully saturated rings. The monoisotopic (exact) mass is 178 g/mol. The Kier molecular flexibility index (Phi) is 1.95. The van der Waals surface area contributed by atoms with Crippen LogP contribution in [0.3, 0.4) is 0 Å². The van der Waals surface area contributed by atoms with E-state index in [4.69, 9.17) is 0 Å². The van der Waals surface area contributed by atoms with Crippen LogP contribution in [0.25, 0.3) is 0 Å². The summed E-state index contributed by atoms with van der Waals surface area (Å²) in [5.41, 5.74) is 2.79. The molecule has 8 heteroatoms. The number of aromatic nitrogens is 6. The van der Waals surface area contributed by atoms with Gasteiger partial charge >= 0.3 is 0 Å². The van der Waals surface area contributed by atoms with Gasteiger partial charge in [-0.25, -0.2) is 9.35 Å². The van der Waals surface area contributed by atoms with Crippen LogP contribution in [0.5, 0.6) is 0 Å². The van der Waals surface area contributed by atoms with Crippen molar-refractivity contribution >= 4 is 6.34 Å². The predicted molar refractivity (Wildman–Crippen MR) is 43.3 cm³/mol. The smallest absolute Gasteiger partial charge is 0.141 e. The molecule has 2 heterocycles. The summed E-state index contributed by atoms with van der Waals surface area (Å²) in [4.78, 5) is 0.